The maximum Gasteiger partial charge on any atom is 0.330 e. The van der Waals surface area contributed by atoms with E-state index in [1.54, 1.807) is 0 Å². The number of carbonyl (C=O) groups excluding carboxylic acids is 1. The van der Waals surface area contributed by atoms with E-state index in [-0.39, 0.29) is 29.2 Å². The van der Waals surface area contributed by atoms with Gasteiger partial charge in [-0.15, -0.1) is 0 Å². The van der Waals surface area contributed by atoms with E-state index in [2.05, 4.69) is 15.0 Å². The third-order valence-electron chi connectivity index (χ3n) is 5.34. The van der Waals surface area contributed by atoms with Crippen LogP contribution in [0.4, 0.5) is 0 Å². The number of aromatic nitrogens is 3. The number of ether oxygens (including phenoxy) is 1. The van der Waals surface area contributed by atoms with E-state index in [0.717, 1.165) is 22.0 Å². The van der Waals surface area contributed by atoms with Crippen molar-refractivity contribution in [3.05, 3.63) is 92.6 Å². The molecular formula is C24H22N4O4S. The molecule has 33 heavy (non-hydrogen) atoms. The van der Waals surface area contributed by atoms with Crippen LogP contribution in [0, 0.1) is 4.77 Å². The molecule has 8 nitrogen and oxygen atoms in total. The number of aromatic hydroxyl groups is 1. The van der Waals surface area contributed by atoms with E-state index in [9.17, 15) is 14.7 Å². The van der Waals surface area contributed by atoms with Gasteiger partial charge in [0.25, 0.3) is 5.56 Å². The Balaban J connectivity index is 1.67. The van der Waals surface area contributed by atoms with Gasteiger partial charge in [-0.05, 0) is 29.4 Å². The fraction of sp³-hybridized carbons (Fsp3) is 0.167. The minimum atomic E-state index is -0.904. The molecule has 4 rings (SSSR count). The molecule has 3 N–H and O–H groups in total. The van der Waals surface area contributed by atoms with Crippen molar-refractivity contribution < 1.29 is 14.6 Å². The molecule has 0 aliphatic carbocycles. The summed E-state index contributed by atoms with van der Waals surface area (Å²) in [5.41, 5.74) is 2.03. The zero-order chi connectivity index (χ0) is 23.4. The Kier molecular flexibility index (Phi) is 6.50. The van der Waals surface area contributed by atoms with Crippen LogP contribution in [0.5, 0.6) is 5.88 Å². The number of aliphatic imine (C=N–C) groups is 1. The number of aromatic amines is 2. The Morgan fingerprint density at radius 1 is 1.21 bits per heavy atom. The van der Waals surface area contributed by atoms with E-state index in [0.29, 0.717) is 0 Å². The predicted octanol–water partition coefficient (Wildman–Crippen LogP) is 3.34. The Bertz CT molecular complexity index is 1440. The quantitative estimate of drug-likeness (QED) is 0.222. The van der Waals surface area contributed by atoms with Gasteiger partial charge >= 0.3 is 5.97 Å². The molecule has 0 aliphatic heterocycles. The van der Waals surface area contributed by atoms with E-state index in [4.69, 9.17) is 17.0 Å². The van der Waals surface area contributed by atoms with Crippen LogP contribution in [0.25, 0.3) is 10.9 Å². The van der Waals surface area contributed by atoms with Crippen molar-refractivity contribution in [1.82, 2.24) is 14.5 Å². The highest BCUT2D eigenvalue weighted by Gasteiger charge is 2.21. The maximum absolute atomic E-state index is 12.5. The van der Waals surface area contributed by atoms with Crippen molar-refractivity contribution >= 4 is 35.3 Å². The van der Waals surface area contributed by atoms with Gasteiger partial charge in [0.2, 0.25) is 5.88 Å². The van der Waals surface area contributed by atoms with Crippen LogP contribution < -0.4 is 5.56 Å². The zero-order valence-electron chi connectivity index (χ0n) is 17.8. The number of para-hydroxylation sites is 1. The number of carbonyl (C=O) groups is 1. The molecule has 0 bridgehead atoms. The molecule has 1 atom stereocenters. The fourth-order valence-electron chi connectivity index (χ4n) is 3.61. The summed E-state index contributed by atoms with van der Waals surface area (Å²) in [5.74, 6) is -0.878. The Morgan fingerprint density at radius 3 is 2.70 bits per heavy atom. The Labute approximate surface area is 194 Å². The van der Waals surface area contributed by atoms with Crippen LogP contribution in [-0.2, 0) is 22.5 Å². The molecule has 0 amide bonds. The smallest absolute Gasteiger partial charge is 0.330 e. The second kappa shape index (κ2) is 9.66. The van der Waals surface area contributed by atoms with E-state index in [1.807, 2.05) is 60.8 Å². The molecule has 2 aromatic heterocycles. The molecule has 2 aromatic carbocycles. The average molecular weight is 463 g/mol. The molecule has 0 radical (unpaired) electrons. The molecule has 0 aliphatic rings. The van der Waals surface area contributed by atoms with Crippen LogP contribution in [0.3, 0.4) is 0 Å². The van der Waals surface area contributed by atoms with Gasteiger partial charge in [-0.1, -0.05) is 48.5 Å². The minimum Gasteiger partial charge on any atom is -0.494 e. The number of nitrogens with zero attached hydrogens (tertiary/aromatic N) is 2. The van der Waals surface area contributed by atoms with Crippen LogP contribution >= 0.6 is 12.2 Å². The third kappa shape index (κ3) is 4.78. The molecule has 0 saturated carbocycles. The number of rotatable bonds is 7. The van der Waals surface area contributed by atoms with E-state index >= 15 is 0 Å². The first-order chi connectivity index (χ1) is 16.0. The van der Waals surface area contributed by atoms with Gasteiger partial charge < -0.3 is 14.8 Å². The summed E-state index contributed by atoms with van der Waals surface area (Å²) in [5, 5.41) is 11.8. The molecule has 4 aromatic rings. The summed E-state index contributed by atoms with van der Waals surface area (Å²) < 4.78 is 6.40. The molecular weight excluding hydrogens is 440 g/mol. The predicted molar refractivity (Wildman–Crippen MR) is 128 cm³/mol. The lowest BCUT2D eigenvalue weighted by molar-refractivity contribution is -0.142. The van der Waals surface area contributed by atoms with E-state index in [1.165, 1.54) is 17.9 Å². The van der Waals surface area contributed by atoms with Gasteiger partial charge in [0, 0.05) is 29.7 Å². The SMILES string of the molecule is COC(=O)[C@@H](Cc1c[nH]c2ccccc12)N=Cc1c(O)n(Cc2ccccc2)c(=S)[nH]c1=O. The first kappa shape index (κ1) is 22.2. The van der Waals surface area contributed by atoms with Gasteiger partial charge in [-0.25, -0.2) is 4.79 Å². The van der Waals surface area contributed by atoms with Gasteiger partial charge in [0.05, 0.1) is 13.7 Å². The van der Waals surface area contributed by atoms with Crippen LogP contribution in [0.2, 0.25) is 0 Å². The average Bonchev–Trinajstić information content (AvgIpc) is 3.23. The topological polar surface area (TPSA) is 112 Å². The number of esters is 1. The first-order valence-electron chi connectivity index (χ1n) is 10.2. The normalized spacial score (nSPS) is 12.3. The number of hydrogen-bond donors (Lipinski definition) is 3. The van der Waals surface area contributed by atoms with Crippen LogP contribution in [-0.4, -0.2) is 45.0 Å². The molecule has 2 heterocycles. The van der Waals surface area contributed by atoms with Crippen molar-refractivity contribution in [3.63, 3.8) is 0 Å². The maximum atomic E-state index is 12.5. The molecule has 0 spiro atoms. The summed E-state index contributed by atoms with van der Waals surface area (Å²) in [7, 11) is 1.28. The van der Waals surface area contributed by atoms with Crippen molar-refractivity contribution in [1.29, 1.82) is 0 Å². The summed E-state index contributed by atoms with van der Waals surface area (Å²) in [6.07, 6.45) is 3.27. The second-order valence-corrected chi connectivity index (χ2v) is 7.84. The van der Waals surface area contributed by atoms with Gasteiger partial charge in [0.1, 0.15) is 5.56 Å². The number of benzene rings is 2. The van der Waals surface area contributed by atoms with Crippen molar-refractivity contribution in [2.24, 2.45) is 4.99 Å². The Morgan fingerprint density at radius 2 is 1.94 bits per heavy atom. The van der Waals surface area contributed by atoms with Crippen molar-refractivity contribution in [3.8, 4) is 5.88 Å². The number of hydrogen-bond acceptors (Lipinski definition) is 6. The monoisotopic (exact) mass is 462 g/mol. The van der Waals surface area contributed by atoms with Crippen molar-refractivity contribution in [2.45, 2.75) is 19.0 Å². The van der Waals surface area contributed by atoms with Crippen LogP contribution in [0.1, 0.15) is 16.7 Å². The van der Waals surface area contributed by atoms with Gasteiger partial charge in [0.15, 0.2) is 10.8 Å². The molecule has 0 fully saturated rings. The summed E-state index contributed by atoms with van der Waals surface area (Å²) >= 11 is 5.23. The largest absolute Gasteiger partial charge is 0.494 e. The molecule has 168 valence electrons. The molecule has 0 saturated heterocycles. The zero-order valence-corrected chi connectivity index (χ0v) is 18.6. The Hall–Kier alpha value is -3.98. The lowest BCUT2D eigenvalue weighted by Crippen LogP contribution is -2.24. The summed E-state index contributed by atoms with van der Waals surface area (Å²) in [4.78, 5) is 34.9. The van der Waals surface area contributed by atoms with Crippen molar-refractivity contribution in [2.75, 3.05) is 7.11 Å². The minimum absolute atomic E-state index is 0.0850. The second-order valence-electron chi connectivity index (χ2n) is 7.45. The number of nitrogens with one attached hydrogen (secondary N) is 2. The van der Waals surface area contributed by atoms with Crippen LogP contribution in [0.15, 0.2) is 70.6 Å². The highest BCUT2D eigenvalue weighted by molar-refractivity contribution is 7.71. The highest BCUT2D eigenvalue weighted by Crippen LogP contribution is 2.21. The molecule has 9 heteroatoms. The lowest BCUT2D eigenvalue weighted by Gasteiger charge is -2.12. The third-order valence-corrected chi connectivity index (χ3v) is 5.66. The fourth-order valence-corrected chi connectivity index (χ4v) is 3.85. The number of fused-ring (bicyclic) bond motifs is 1. The molecule has 0 unspecified atom stereocenters. The summed E-state index contributed by atoms with van der Waals surface area (Å²) in [6, 6.07) is 16.2. The van der Waals surface area contributed by atoms with Gasteiger partial charge in [-0.2, -0.15) is 0 Å². The van der Waals surface area contributed by atoms with E-state index < -0.39 is 17.6 Å². The number of H-pyrrole nitrogens is 2. The number of methoxy groups -OCH3 is 1. The first-order valence-corrected chi connectivity index (χ1v) is 10.6. The van der Waals surface area contributed by atoms with Gasteiger partial charge in [-0.3, -0.25) is 19.3 Å². The standard InChI is InChI=1S/C24H22N4O4S/c1-32-23(31)20(11-16-12-25-19-10-6-5-9-17(16)19)26-13-18-21(29)27-24(33)28(22(18)30)14-15-7-3-2-4-8-15/h2-10,12-13,20,25,30H,11,14H2,1H3,(H,27,29,33)/t20-/m1/s1. The highest BCUT2D eigenvalue weighted by atomic mass is 32.1. The lowest BCUT2D eigenvalue weighted by atomic mass is 10.1. The summed E-state index contributed by atoms with van der Waals surface area (Å²) in [6.45, 7) is 0.263.